The predicted molar refractivity (Wildman–Crippen MR) is 51.8 cm³/mol. The van der Waals surface area contributed by atoms with Gasteiger partial charge in [0.05, 0.1) is 0 Å². The van der Waals surface area contributed by atoms with E-state index in [9.17, 15) is 0 Å². The first-order valence-electron chi connectivity index (χ1n) is 4.41. The summed E-state index contributed by atoms with van der Waals surface area (Å²) in [6, 6.07) is 0. The maximum Gasteiger partial charge on any atom is 0.00705 e. The number of likely N-dealkylation sites (tertiary alicyclic amines) is 1. The summed E-state index contributed by atoms with van der Waals surface area (Å²) in [6.07, 6.45) is 6.20. The Morgan fingerprint density at radius 1 is 1.36 bits per heavy atom. The van der Waals surface area contributed by atoms with E-state index >= 15 is 0 Å². The molecule has 1 saturated heterocycles. The van der Waals surface area contributed by atoms with Gasteiger partial charge in [0.15, 0.2) is 0 Å². The lowest BCUT2D eigenvalue weighted by atomic mass is 10.4. The average molecular weight is 174 g/mol. The van der Waals surface area contributed by atoms with E-state index in [1.54, 1.807) is 11.9 Å². The molecule has 11 heavy (non-hydrogen) atoms. The summed E-state index contributed by atoms with van der Waals surface area (Å²) in [5.41, 5.74) is 0. The maximum absolute atomic E-state index is 3.26. The minimum absolute atomic E-state index is 1.15. The summed E-state index contributed by atoms with van der Waals surface area (Å²) in [7, 11) is 0. The summed E-state index contributed by atoms with van der Waals surface area (Å²) in [6.45, 7) is 5.10. The van der Waals surface area contributed by atoms with Crippen molar-refractivity contribution >= 4 is 11.9 Å². The molecule has 1 heterocycles. The largest absolute Gasteiger partial charge is 0.303 e. The van der Waals surface area contributed by atoms with Gasteiger partial charge in [0.25, 0.3) is 0 Å². The quantitative estimate of drug-likeness (QED) is 0.500. The van der Waals surface area contributed by atoms with Gasteiger partial charge >= 0.3 is 0 Å². The molecule has 0 aromatic rings. The van der Waals surface area contributed by atoms with Crippen molar-refractivity contribution in [2.75, 3.05) is 32.4 Å². The number of nitrogens with one attached hydrogen (secondary N) is 1. The van der Waals surface area contributed by atoms with Crippen LogP contribution in [-0.2, 0) is 0 Å². The molecular formula is C8H18N2S. The third-order valence-electron chi connectivity index (χ3n) is 2.10. The molecule has 1 rings (SSSR count). The average Bonchev–Trinajstić information content (AvgIpc) is 2.50. The van der Waals surface area contributed by atoms with Gasteiger partial charge in [0.2, 0.25) is 0 Å². The number of rotatable bonds is 5. The second-order valence-corrected chi connectivity index (χ2v) is 3.70. The van der Waals surface area contributed by atoms with Crippen LogP contribution in [0.5, 0.6) is 0 Å². The Labute approximate surface area is 73.9 Å². The molecule has 3 heteroatoms. The van der Waals surface area contributed by atoms with Crippen LogP contribution in [0, 0.1) is 0 Å². The van der Waals surface area contributed by atoms with Gasteiger partial charge < -0.3 is 4.90 Å². The van der Waals surface area contributed by atoms with Gasteiger partial charge in [-0.15, -0.1) is 0 Å². The lowest BCUT2D eigenvalue weighted by Gasteiger charge is -2.13. The van der Waals surface area contributed by atoms with Crippen molar-refractivity contribution in [3.63, 3.8) is 0 Å². The van der Waals surface area contributed by atoms with Crippen LogP contribution in [0.25, 0.3) is 0 Å². The van der Waals surface area contributed by atoms with Crippen molar-refractivity contribution in [3.05, 3.63) is 0 Å². The van der Waals surface area contributed by atoms with Crippen LogP contribution in [0.4, 0.5) is 0 Å². The zero-order valence-corrected chi connectivity index (χ0v) is 8.12. The van der Waals surface area contributed by atoms with E-state index in [2.05, 4.69) is 15.9 Å². The fourth-order valence-corrected chi connectivity index (χ4v) is 1.83. The van der Waals surface area contributed by atoms with Gasteiger partial charge in [-0.3, -0.25) is 4.72 Å². The smallest absolute Gasteiger partial charge is 0.00705 e. The topological polar surface area (TPSA) is 15.3 Å². The minimum Gasteiger partial charge on any atom is -0.303 e. The molecule has 0 saturated carbocycles. The van der Waals surface area contributed by atoms with Crippen LogP contribution in [0.15, 0.2) is 0 Å². The van der Waals surface area contributed by atoms with Gasteiger partial charge in [0.1, 0.15) is 0 Å². The van der Waals surface area contributed by atoms with Crippen LogP contribution in [0.1, 0.15) is 19.3 Å². The molecule has 0 unspecified atom stereocenters. The van der Waals surface area contributed by atoms with Gasteiger partial charge in [-0.2, -0.15) is 0 Å². The second-order valence-electron chi connectivity index (χ2n) is 3.00. The Hall–Kier alpha value is 0.270. The highest BCUT2D eigenvalue weighted by atomic mass is 32.2. The molecule has 0 aromatic carbocycles. The van der Waals surface area contributed by atoms with Crippen LogP contribution in [0.3, 0.4) is 0 Å². The van der Waals surface area contributed by atoms with E-state index < -0.39 is 0 Å². The molecule has 0 spiro atoms. The zero-order chi connectivity index (χ0) is 7.94. The molecular weight excluding hydrogens is 156 g/mol. The molecule has 0 atom stereocenters. The molecule has 0 bridgehead atoms. The molecule has 66 valence electrons. The van der Waals surface area contributed by atoms with E-state index in [0.717, 1.165) is 6.54 Å². The summed E-state index contributed by atoms with van der Waals surface area (Å²) in [5.74, 6) is 0. The first kappa shape index (κ1) is 9.36. The third-order valence-corrected chi connectivity index (χ3v) is 2.59. The Morgan fingerprint density at radius 2 is 2.09 bits per heavy atom. The highest BCUT2D eigenvalue weighted by Crippen LogP contribution is 2.06. The second kappa shape index (κ2) is 5.86. The third kappa shape index (κ3) is 3.99. The lowest BCUT2D eigenvalue weighted by Crippen LogP contribution is -2.22. The zero-order valence-electron chi connectivity index (χ0n) is 7.31. The highest BCUT2D eigenvalue weighted by molar-refractivity contribution is 7.96. The van der Waals surface area contributed by atoms with Crippen molar-refractivity contribution in [2.45, 2.75) is 19.3 Å². The predicted octanol–water partition coefficient (Wildman–Crippen LogP) is 1.34. The van der Waals surface area contributed by atoms with Crippen molar-refractivity contribution in [1.82, 2.24) is 9.62 Å². The lowest BCUT2D eigenvalue weighted by molar-refractivity contribution is 0.335. The van der Waals surface area contributed by atoms with E-state index in [1.165, 1.54) is 38.9 Å². The molecule has 0 amide bonds. The number of hydrogen-bond donors (Lipinski definition) is 1. The minimum atomic E-state index is 1.15. The fraction of sp³-hybridized carbons (Fsp3) is 1.00. The Balaban J connectivity index is 1.86. The van der Waals surface area contributed by atoms with Crippen molar-refractivity contribution < 1.29 is 0 Å². The molecule has 0 aliphatic carbocycles. The van der Waals surface area contributed by atoms with Crippen molar-refractivity contribution in [3.8, 4) is 0 Å². The van der Waals surface area contributed by atoms with Crippen LogP contribution in [0.2, 0.25) is 0 Å². The number of hydrogen-bond acceptors (Lipinski definition) is 3. The van der Waals surface area contributed by atoms with E-state index in [-0.39, 0.29) is 0 Å². The van der Waals surface area contributed by atoms with E-state index in [1.807, 2.05) is 0 Å². The fourth-order valence-electron chi connectivity index (χ4n) is 1.48. The van der Waals surface area contributed by atoms with Crippen LogP contribution < -0.4 is 4.72 Å². The Bertz CT molecular complexity index is 92.1. The van der Waals surface area contributed by atoms with Gasteiger partial charge in [-0.25, -0.2) is 0 Å². The summed E-state index contributed by atoms with van der Waals surface area (Å²) in [5, 5.41) is 0. The van der Waals surface area contributed by atoms with E-state index in [4.69, 9.17) is 0 Å². The molecule has 1 aliphatic rings. The summed E-state index contributed by atoms with van der Waals surface area (Å²) >= 11 is 1.72. The SMILES string of the molecule is CSNCCCN1CCCC1. The molecule has 1 fully saturated rings. The molecule has 0 aromatic heterocycles. The summed E-state index contributed by atoms with van der Waals surface area (Å²) in [4.78, 5) is 2.56. The first-order chi connectivity index (χ1) is 5.43. The van der Waals surface area contributed by atoms with Gasteiger partial charge in [-0.05, 0) is 45.2 Å². The van der Waals surface area contributed by atoms with Crippen LogP contribution in [-0.4, -0.2) is 37.3 Å². The van der Waals surface area contributed by atoms with Crippen molar-refractivity contribution in [1.29, 1.82) is 0 Å². The molecule has 2 nitrogen and oxygen atoms in total. The highest BCUT2D eigenvalue weighted by Gasteiger charge is 2.09. The number of nitrogens with zero attached hydrogens (tertiary/aromatic N) is 1. The maximum atomic E-state index is 3.26. The van der Waals surface area contributed by atoms with E-state index in [0.29, 0.717) is 0 Å². The molecule has 0 radical (unpaired) electrons. The molecule has 1 N–H and O–H groups in total. The first-order valence-corrected chi connectivity index (χ1v) is 5.64. The Morgan fingerprint density at radius 3 is 2.73 bits per heavy atom. The Kier molecular flexibility index (Phi) is 4.99. The summed E-state index contributed by atoms with van der Waals surface area (Å²) < 4.78 is 3.26. The monoisotopic (exact) mass is 174 g/mol. The van der Waals surface area contributed by atoms with Crippen LogP contribution >= 0.6 is 11.9 Å². The van der Waals surface area contributed by atoms with Crippen molar-refractivity contribution in [2.24, 2.45) is 0 Å². The molecule has 1 aliphatic heterocycles. The standard InChI is InChI=1S/C8H18N2S/c1-11-9-5-4-8-10-6-2-3-7-10/h9H,2-8H2,1H3. The van der Waals surface area contributed by atoms with Gasteiger partial charge in [-0.1, -0.05) is 11.9 Å². The normalized spacial score (nSPS) is 19.4. The van der Waals surface area contributed by atoms with Gasteiger partial charge in [0, 0.05) is 6.54 Å².